The van der Waals surface area contributed by atoms with Gasteiger partial charge in [-0.3, -0.25) is 0 Å². The molecule has 1 aromatic rings. The topological polar surface area (TPSA) is 58.2 Å². The third-order valence-electron chi connectivity index (χ3n) is 3.06. The first-order valence-corrected chi connectivity index (χ1v) is 7.79. The van der Waals surface area contributed by atoms with Crippen molar-refractivity contribution in [1.29, 1.82) is 0 Å². The first kappa shape index (κ1) is 13.4. The van der Waals surface area contributed by atoms with Crippen molar-refractivity contribution >= 4 is 15.7 Å². The molecule has 0 radical (unpaired) electrons. The Morgan fingerprint density at radius 1 is 1.33 bits per heavy atom. The van der Waals surface area contributed by atoms with Gasteiger partial charge in [-0.2, -0.15) is 0 Å². The summed E-state index contributed by atoms with van der Waals surface area (Å²) in [7, 11) is -3.41. The highest BCUT2D eigenvalue weighted by molar-refractivity contribution is 7.89. The van der Waals surface area contributed by atoms with Crippen molar-refractivity contribution in [1.82, 2.24) is 4.72 Å². The molecular weight excluding hydrogens is 248 g/mol. The fourth-order valence-electron chi connectivity index (χ4n) is 2.34. The Bertz CT molecular complexity index is 550. The molecule has 1 aromatic carbocycles. The largest absolute Gasteiger partial charge is 0.385 e. The van der Waals surface area contributed by atoms with E-state index in [1.807, 2.05) is 26.8 Å². The number of sulfonamides is 1. The van der Waals surface area contributed by atoms with Gasteiger partial charge in [0.1, 0.15) is 0 Å². The second-order valence-electron chi connectivity index (χ2n) is 5.04. The molecule has 5 heteroatoms. The lowest BCUT2D eigenvalue weighted by molar-refractivity contribution is 0.568. The summed E-state index contributed by atoms with van der Waals surface area (Å²) >= 11 is 0. The van der Waals surface area contributed by atoms with Gasteiger partial charge in [-0.15, -0.1) is 0 Å². The smallest absolute Gasteiger partial charge is 0.241 e. The summed E-state index contributed by atoms with van der Waals surface area (Å²) in [4.78, 5) is 0.420. The molecule has 0 unspecified atom stereocenters. The van der Waals surface area contributed by atoms with E-state index in [0.29, 0.717) is 4.90 Å². The molecule has 0 aromatic heterocycles. The van der Waals surface area contributed by atoms with Gasteiger partial charge in [0.2, 0.25) is 10.0 Å². The van der Waals surface area contributed by atoms with Crippen LogP contribution in [-0.2, 0) is 16.4 Å². The van der Waals surface area contributed by atoms with Gasteiger partial charge >= 0.3 is 0 Å². The average molecular weight is 268 g/mol. The van der Waals surface area contributed by atoms with Crippen molar-refractivity contribution < 1.29 is 8.42 Å². The highest BCUT2D eigenvalue weighted by atomic mass is 32.2. The normalized spacial score (nSPS) is 15.3. The van der Waals surface area contributed by atoms with E-state index in [1.165, 1.54) is 0 Å². The number of hydrogen-bond acceptors (Lipinski definition) is 3. The summed E-state index contributed by atoms with van der Waals surface area (Å²) in [5.74, 6) is 0. The van der Waals surface area contributed by atoms with Gasteiger partial charge in [-0.1, -0.05) is 6.07 Å². The minimum Gasteiger partial charge on any atom is -0.385 e. The van der Waals surface area contributed by atoms with Gasteiger partial charge in [0.15, 0.2) is 0 Å². The van der Waals surface area contributed by atoms with E-state index < -0.39 is 10.0 Å². The second kappa shape index (κ2) is 4.90. The Balaban J connectivity index is 2.52. The van der Waals surface area contributed by atoms with Crippen molar-refractivity contribution in [3.05, 3.63) is 23.3 Å². The minimum atomic E-state index is -3.41. The van der Waals surface area contributed by atoms with Crippen LogP contribution in [0.25, 0.3) is 0 Å². The van der Waals surface area contributed by atoms with Gasteiger partial charge in [-0.05, 0) is 50.8 Å². The van der Waals surface area contributed by atoms with Crippen LogP contribution >= 0.6 is 0 Å². The molecule has 0 fully saturated rings. The number of anilines is 1. The predicted molar refractivity (Wildman–Crippen MR) is 73.4 cm³/mol. The van der Waals surface area contributed by atoms with Crippen molar-refractivity contribution in [2.24, 2.45) is 0 Å². The van der Waals surface area contributed by atoms with E-state index >= 15 is 0 Å². The SMILES string of the molecule is Cc1ccc(S(=O)(=O)NC(C)C)c2c1NCCC2. The van der Waals surface area contributed by atoms with E-state index in [9.17, 15) is 8.42 Å². The Morgan fingerprint density at radius 2 is 2.06 bits per heavy atom. The molecule has 2 N–H and O–H groups in total. The van der Waals surface area contributed by atoms with Crippen LogP contribution in [0.3, 0.4) is 0 Å². The lowest BCUT2D eigenvalue weighted by atomic mass is 10.00. The molecule has 0 amide bonds. The number of nitrogens with one attached hydrogen (secondary N) is 2. The molecule has 1 aliphatic rings. The predicted octanol–water partition coefficient (Wildman–Crippen LogP) is 2.04. The zero-order valence-electron chi connectivity index (χ0n) is 11.1. The van der Waals surface area contributed by atoms with Crippen molar-refractivity contribution in [3.8, 4) is 0 Å². The highest BCUT2D eigenvalue weighted by Crippen LogP contribution is 2.31. The number of hydrogen-bond donors (Lipinski definition) is 2. The summed E-state index contributed by atoms with van der Waals surface area (Å²) in [5, 5.41) is 3.30. The van der Waals surface area contributed by atoms with Crippen molar-refractivity contribution in [2.45, 2.75) is 44.6 Å². The van der Waals surface area contributed by atoms with Crippen LogP contribution in [0, 0.1) is 6.92 Å². The lowest BCUT2D eigenvalue weighted by Crippen LogP contribution is -2.31. The Labute approximate surface area is 109 Å². The molecule has 4 nitrogen and oxygen atoms in total. The van der Waals surface area contributed by atoms with E-state index in [2.05, 4.69) is 10.0 Å². The first-order chi connectivity index (χ1) is 8.42. The van der Waals surface area contributed by atoms with Crippen LogP contribution in [0.5, 0.6) is 0 Å². The third-order valence-corrected chi connectivity index (χ3v) is 4.81. The third kappa shape index (κ3) is 2.52. The van der Waals surface area contributed by atoms with Crippen LogP contribution in [0.15, 0.2) is 17.0 Å². The first-order valence-electron chi connectivity index (χ1n) is 6.30. The monoisotopic (exact) mass is 268 g/mol. The average Bonchev–Trinajstić information content (AvgIpc) is 2.27. The lowest BCUT2D eigenvalue weighted by Gasteiger charge is -2.23. The van der Waals surface area contributed by atoms with Crippen LogP contribution in [0.2, 0.25) is 0 Å². The van der Waals surface area contributed by atoms with E-state index in [-0.39, 0.29) is 6.04 Å². The summed E-state index contributed by atoms with van der Waals surface area (Å²) in [6.07, 6.45) is 1.79. The fourth-order valence-corrected chi connectivity index (χ4v) is 3.87. The molecule has 0 aliphatic carbocycles. The molecule has 1 heterocycles. The van der Waals surface area contributed by atoms with Gasteiger partial charge < -0.3 is 5.32 Å². The van der Waals surface area contributed by atoms with Gasteiger partial charge in [0.05, 0.1) is 4.90 Å². The number of benzene rings is 1. The summed E-state index contributed by atoms with van der Waals surface area (Å²) in [5.41, 5.74) is 3.02. The van der Waals surface area contributed by atoms with Gasteiger partial charge in [0, 0.05) is 18.3 Å². The summed E-state index contributed by atoms with van der Waals surface area (Å²) in [6.45, 7) is 6.57. The maximum absolute atomic E-state index is 12.3. The van der Waals surface area contributed by atoms with E-state index in [0.717, 1.165) is 36.2 Å². The van der Waals surface area contributed by atoms with E-state index in [4.69, 9.17) is 0 Å². The highest BCUT2D eigenvalue weighted by Gasteiger charge is 2.24. The van der Waals surface area contributed by atoms with Crippen LogP contribution in [-0.4, -0.2) is 21.0 Å². The van der Waals surface area contributed by atoms with Gasteiger partial charge in [-0.25, -0.2) is 13.1 Å². The minimum absolute atomic E-state index is 0.0940. The van der Waals surface area contributed by atoms with Crippen molar-refractivity contribution in [3.63, 3.8) is 0 Å². The maximum atomic E-state index is 12.3. The molecule has 0 spiro atoms. The molecule has 1 aliphatic heterocycles. The van der Waals surface area contributed by atoms with Crippen LogP contribution < -0.4 is 10.0 Å². The maximum Gasteiger partial charge on any atom is 0.241 e. The molecule has 0 atom stereocenters. The number of fused-ring (bicyclic) bond motifs is 1. The Morgan fingerprint density at radius 3 is 2.72 bits per heavy atom. The molecular formula is C13H20N2O2S. The summed E-state index contributed by atoms with van der Waals surface area (Å²) in [6, 6.07) is 3.49. The number of rotatable bonds is 3. The van der Waals surface area contributed by atoms with E-state index in [1.54, 1.807) is 6.07 Å². The van der Waals surface area contributed by atoms with Crippen LogP contribution in [0.1, 0.15) is 31.4 Å². The molecule has 0 bridgehead atoms. The molecule has 100 valence electrons. The zero-order chi connectivity index (χ0) is 13.3. The molecule has 0 saturated carbocycles. The molecule has 18 heavy (non-hydrogen) atoms. The van der Waals surface area contributed by atoms with Crippen molar-refractivity contribution in [2.75, 3.05) is 11.9 Å². The quantitative estimate of drug-likeness (QED) is 0.882. The second-order valence-corrected chi connectivity index (χ2v) is 6.72. The Hall–Kier alpha value is -1.07. The molecule has 0 saturated heterocycles. The standard InChI is InChI=1S/C13H20N2O2S/c1-9(2)15-18(16,17)12-7-6-10(3)13-11(12)5-4-8-14-13/h6-7,9,14-15H,4-5,8H2,1-3H3. The molecule has 2 rings (SSSR count). The van der Waals surface area contributed by atoms with Crippen LogP contribution in [0.4, 0.5) is 5.69 Å². The summed E-state index contributed by atoms with van der Waals surface area (Å²) < 4.78 is 27.2. The fraction of sp³-hybridized carbons (Fsp3) is 0.538. The Kier molecular flexibility index (Phi) is 3.64. The number of aryl methyl sites for hydroxylation is 1. The van der Waals surface area contributed by atoms with Gasteiger partial charge in [0.25, 0.3) is 0 Å². The zero-order valence-corrected chi connectivity index (χ0v) is 11.9.